The number of nitrogen functional groups attached to an aromatic ring is 1. The van der Waals surface area contributed by atoms with Crippen LogP contribution in [-0.2, 0) is 16.6 Å². The molecule has 0 spiro atoms. The number of sulfonamides is 1. The van der Waals surface area contributed by atoms with Crippen LogP contribution in [-0.4, -0.2) is 23.6 Å². The SMILES string of the molecule is Cc1cc(N)c(C)c(S(=O)(=O)NCc2ncn[nH]2)c1. The summed E-state index contributed by atoms with van der Waals surface area (Å²) >= 11 is 0. The monoisotopic (exact) mass is 281 g/mol. The number of rotatable bonds is 4. The molecule has 0 atom stereocenters. The Balaban J connectivity index is 2.29. The average molecular weight is 281 g/mol. The maximum atomic E-state index is 12.2. The molecule has 0 aliphatic carbocycles. The van der Waals surface area contributed by atoms with Crippen LogP contribution in [0.2, 0.25) is 0 Å². The second-order valence-corrected chi connectivity index (χ2v) is 5.97. The van der Waals surface area contributed by atoms with E-state index in [2.05, 4.69) is 19.9 Å². The lowest BCUT2D eigenvalue weighted by molar-refractivity contribution is 0.578. The van der Waals surface area contributed by atoms with Crippen molar-refractivity contribution in [2.24, 2.45) is 0 Å². The molecule has 0 saturated carbocycles. The lowest BCUT2D eigenvalue weighted by Gasteiger charge is -2.11. The van der Waals surface area contributed by atoms with E-state index >= 15 is 0 Å². The molecule has 1 heterocycles. The Kier molecular flexibility index (Phi) is 3.54. The molecule has 2 aromatic rings. The lowest BCUT2D eigenvalue weighted by atomic mass is 10.1. The Labute approximate surface area is 111 Å². The topological polar surface area (TPSA) is 114 Å². The van der Waals surface area contributed by atoms with Crippen molar-refractivity contribution < 1.29 is 8.42 Å². The summed E-state index contributed by atoms with van der Waals surface area (Å²) in [4.78, 5) is 4.04. The minimum atomic E-state index is -3.63. The van der Waals surface area contributed by atoms with Gasteiger partial charge in [0.2, 0.25) is 10.0 Å². The molecule has 102 valence electrons. The number of benzene rings is 1. The van der Waals surface area contributed by atoms with Crippen LogP contribution in [0.4, 0.5) is 5.69 Å². The number of nitrogens with one attached hydrogen (secondary N) is 2. The molecule has 2 rings (SSSR count). The van der Waals surface area contributed by atoms with E-state index < -0.39 is 10.0 Å². The zero-order valence-corrected chi connectivity index (χ0v) is 11.5. The van der Waals surface area contributed by atoms with E-state index in [-0.39, 0.29) is 11.4 Å². The third-order valence-corrected chi connectivity index (χ3v) is 4.26. The molecule has 0 saturated heterocycles. The first-order valence-corrected chi connectivity index (χ1v) is 7.09. The van der Waals surface area contributed by atoms with Crippen molar-refractivity contribution in [3.63, 3.8) is 0 Å². The van der Waals surface area contributed by atoms with Crippen LogP contribution in [0.15, 0.2) is 23.4 Å². The second kappa shape index (κ2) is 4.98. The fourth-order valence-electron chi connectivity index (χ4n) is 1.69. The van der Waals surface area contributed by atoms with Crippen LogP contribution in [0.5, 0.6) is 0 Å². The molecule has 0 fully saturated rings. The smallest absolute Gasteiger partial charge is 0.241 e. The van der Waals surface area contributed by atoms with Crippen molar-refractivity contribution in [1.82, 2.24) is 19.9 Å². The number of hydrogen-bond donors (Lipinski definition) is 3. The first kappa shape index (κ1) is 13.5. The minimum absolute atomic E-state index is 0.0512. The van der Waals surface area contributed by atoms with Gasteiger partial charge in [0.05, 0.1) is 11.4 Å². The second-order valence-electron chi connectivity index (χ2n) is 4.23. The van der Waals surface area contributed by atoms with Gasteiger partial charge in [-0.2, -0.15) is 5.10 Å². The first-order valence-electron chi connectivity index (χ1n) is 5.61. The Morgan fingerprint density at radius 2 is 2.11 bits per heavy atom. The molecule has 0 radical (unpaired) electrons. The number of aromatic nitrogens is 3. The Morgan fingerprint density at radius 1 is 1.37 bits per heavy atom. The van der Waals surface area contributed by atoms with Crippen LogP contribution in [0.1, 0.15) is 17.0 Å². The zero-order valence-electron chi connectivity index (χ0n) is 10.6. The van der Waals surface area contributed by atoms with E-state index in [0.29, 0.717) is 17.1 Å². The van der Waals surface area contributed by atoms with Gasteiger partial charge in [0.25, 0.3) is 0 Å². The lowest BCUT2D eigenvalue weighted by Crippen LogP contribution is -2.25. The Hall–Kier alpha value is -1.93. The standard InChI is InChI=1S/C11H15N5O2S/c1-7-3-9(12)8(2)10(4-7)19(17,18)15-5-11-13-6-14-16-11/h3-4,6,15H,5,12H2,1-2H3,(H,13,14,16). The predicted octanol–water partition coefficient (Wildman–Crippen LogP) is 0.482. The molecular weight excluding hydrogens is 266 g/mol. The van der Waals surface area contributed by atoms with E-state index in [1.165, 1.54) is 6.33 Å². The van der Waals surface area contributed by atoms with Crippen molar-refractivity contribution in [3.05, 3.63) is 35.4 Å². The summed E-state index contributed by atoms with van der Waals surface area (Å²) in [6.45, 7) is 3.53. The maximum Gasteiger partial charge on any atom is 0.241 e. The van der Waals surface area contributed by atoms with E-state index in [4.69, 9.17) is 5.73 Å². The van der Waals surface area contributed by atoms with Crippen LogP contribution in [0.3, 0.4) is 0 Å². The molecule has 0 unspecified atom stereocenters. The van der Waals surface area contributed by atoms with Gasteiger partial charge in [-0.3, -0.25) is 5.10 Å². The molecular formula is C11H15N5O2S. The van der Waals surface area contributed by atoms with E-state index in [0.717, 1.165) is 5.56 Å². The largest absolute Gasteiger partial charge is 0.398 e. The molecule has 1 aromatic heterocycles. The van der Waals surface area contributed by atoms with Crippen LogP contribution in [0.25, 0.3) is 0 Å². The number of anilines is 1. The van der Waals surface area contributed by atoms with Gasteiger partial charge in [0.15, 0.2) is 0 Å². The van der Waals surface area contributed by atoms with Crippen molar-refractivity contribution in [2.75, 3.05) is 5.73 Å². The van der Waals surface area contributed by atoms with Gasteiger partial charge in [-0.25, -0.2) is 18.1 Å². The third kappa shape index (κ3) is 2.91. The van der Waals surface area contributed by atoms with Gasteiger partial charge in [0, 0.05) is 5.69 Å². The number of aromatic amines is 1. The summed E-state index contributed by atoms with van der Waals surface area (Å²) in [6, 6.07) is 3.33. The molecule has 8 heteroatoms. The van der Waals surface area contributed by atoms with Gasteiger partial charge >= 0.3 is 0 Å². The highest BCUT2D eigenvalue weighted by atomic mass is 32.2. The minimum Gasteiger partial charge on any atom is -0.398 e. The molecule has 0 bridgehead atoms. The number of nitrogens with two attached hydrogens (primary N) is 1. The van der Waals surface area contributed by atoms with Gasteiger partial charge < -0.3 is 5.73 Å². The van der Waals surface area contributed by atoms with E-state index in [1.807, 2.05) is 0 Å². The first-order chi connectivity index (χ1) is 8.90. The summed E-state index contributed by atoms with van der Waals surface area (Å²) in [5, 5.41) is 6.24. The van der Waals surface area contributed by atoms with Crippen molar-refractivity contribution in [3.8, 4) is 0 Å². The predicted molar refractivity (Wildman–Crippen MR) is 70.7 cm³/mol. The summed E-state index contributed by atoms with van der Waals surface area (Å²) in [7, 11) is -3.63. The molecule has 0 aliphatic heterocycles. The highest BCUT2D eigenvalue weighted by Gasteiger charge is 2.18. The maximum absolute atomic E-state index is 12.2. The fourth-order valence-corrected chi connectivity index (χ4v) is 3.03. The van der Waals surface area contributed by atoms with Crippen molar-refractivity contribution in [1.29, 1.82) is 0 Å². The molecule has 1 aromatic carbocycles. The zero-order chi connectivity index (χ0) is 14.0. The summed E-state index contributed by atoms with van der Waals surface area (Å²) < 4.78 is 26.9. The van der Waals surface area contributed by atoms with E-state index in [1.54, 1.807) is 26.0 Å². The molecule has 19 heavy (non-hydrogen) atoms. The van der Waals surface area contributed by atoms with Gasteiger partial charge in [0.1, 0.15) is 12.2 Å². The van der Waals surface area contributed by atoms with Crippen LogP contribution >= 0.6 is 0 Å². The third-order valence-electron chi connectivity index (χ3n) is 2.73. The van der Waals surface area contributed by atoms with Crippen LogP contribution in [0, 0.1) is 13.8 Å². The van der Waals surface area contributed by atoms with Gasteiger partial charge in [-0.05, 0) is 37.1 Å². The highest BCUT2D eigenvalue weighted by Crippen LogP contribution is 2.22. The highest BCUT2D eigenvalue weighted by molar-refractivity contribution is 7.89. The molecule has 0 aliphatic rings. The molecule has 7 nitrogen and oxygen atoms in total. The van der Waals surface area contributed by atoms with E-state index in [9.17, 15) is 8.42 Å². The fraction of sp³-hybridized carbons (Fsp3) is 0.273. The Bertz CT molecular complexity index is 679. The summed E-state index contributed by atoms with van der Waals surface area (Å²) in [5.74, 6) is 0.446. The number of nitrogens with zero attached hydrogens (tertiary/aromatic N) is 2. The molecule has 0 amide bonds. The van der Waals surface area contributed by atoms with Crippen LogP contribution < -0.4 is 10.5 Å². The summed E-state index contributed by atoms with van der Waals surface area (Å²) in [6.07, 6.45) is 1.32. The normalized spacial score (nSPS) is 11.7. The molecule has 4 N–H and O–H groups in total. The van der Waals surface area contributed by atoms with Crippen molar-refractivity contribution in [2.45, 2.75) is 25.3 Å². The van der Waals surface area contributed by atoms with Crippen molar-refractivity contribution >= 4 is 15.7 Å². The number of hydrogen-bond acceptors (Lipinski definition) is 5. The number of aryl methyl sites for hydroxylation is 1. The average Bonchev–Trinajstić information content (AvgIpc) is 2.84. The number of H-pyrrole nitrogens is 1. The Morgan fingerprint density at radius 3 is 2.74 bits per heavy atom. The quantitative estimate of drug-likeness (QED) is 0.705. The van der Waals surface area contributed by atoms with Gasteiger partial charge in [-0.1, -0.05) is 0 Å². The van der Waals surface area contributed by atoms with Gasteiger partial charge in [-0.15, -0.1) is 0 Å². The summed E-state index contributed by atoms with van der Waals surface area (Å²) in [5.41, 5.74) is 7.58.